The van der Waals surface area contributed by atoms with E-state index in [1.165, 1.54) is 0 Å². The summed E-state index contributed by atoms with van der Waals surface area (Å²) >= 11 is 1.77. The average molecular weight is 441 g/mol. The number of fused-ring (bicyclic) bond motifs is 1. The quantitative estimate of drug-likeness (QED) is 0.375. The predicted octanol–water partition coefficient (Wildman–Crippen LogP) is 6.70. The van der Waals surface area contributed by atoms with Crippen LogP contribution in [-0.4, -0.2) is 23.2 Å². The van der Waals surface area contributed by atoms with Crippen LogP contribution in [0.25, 0.3) is 10.8 Å². The van der Waals surface area contributed by atoms with E-state index in [-0.39, 0.29) is 11.4 Å². The summed E-state index contributed by atoms with van der Waals surface area (Å²) in [4.78, 5) is 15.2. The van der Waals surface area contributed by atoms with Gasteiger partial charge in [-0.05, 0) is 23.1 Å². The SMILES string of the molecule is O=C(Nc1cccc2ccccc12)N1CCSC1c1ccccc1OCc1ccccc1. The van der Waals surface area contributed by atoms with E-state index >= 15 is 0 Å². The fourth-order valence-electron chi connectivity index (χ4n) is 4.01. The Kier molecular flexibility index (Phi) is 5.99. The average Bonchev–Trinajstić information content (AvgIpc) is 3.34. The summed E-state index contributed by atoms with van der Waals surface area (Å²) in [5, 5.41) is 5.20. The van der Waals surface area contributed by atoms with Crippen molar-refractivity contribution in [2.24, 2.45) is 0 Å². The Bertz CT molecular complexity index is 1220. The number of carbonyl (C=O) groups excluding carboxylic acids is 1. The number of nitrogens with zero attached hydrogens (tertiary/aromatic N) is 1. The number of thioether (sulfide) groups is 1. The van der Waals surface area contributed by atoms with E-state index in [9.17, 15) is 4.79 Å². The Morgan fingerprint density at radius 2 is 1.66 bits per heavy atom. The van der Waals surface area contributed by atoms with Crippen molar-refractivity contribution in [2.45, 2.75) is 12.0 Å². The number of para-hydroxylation sites is 1. The number of nitrogens with one attached hydrogen (secondary N) is 1. The molecule has 0 aromatic heterocycles. The Morgan fingerprint density at radius 1 is 0.906 bits per heavy atom. The van der Waals surface area contributed by atoms with Crippen molar-refractivity contribution < 1.29 is 9.53 Å². The number of urea groups is 1. The van der Waals surface area contributed by atoms with E-state index in [0.717, 1.165) is 39.1 Å². The summed E-state index contributed by atoms with van der Waals surface area (Å²) < 4.78 is 6.17. The van der Waals surface area contributed by atoms with Crippen LogP contribution in [0.15, 0.2) is 97.1 Å². The Hall–Kier alpha value is -3.44. The van der Waals surface area contributed by atoms with Gasteiger partial charge in [-0.15, -0.1) is 11.8 Å². The molecule has 1 aliphatic rings. The van der Waals surface area contributed by atoms with Crippen LogP contribution < -0.4 is 10.1 Å². The van der Waals surface area contributed by atoms with Crippen molar-refractivity contribution in [1.82, 2.24) is 4.90 Å². The first kappa shape index (κ1) is 20.5. The maximum atomic E-state index is 13.3. The summed E-state index contributed by atoms with van der Waals surface area (Å²) in [6.07, 6.45) is 0. The largest absolute Gasteiger partial charge is 0.489 e. The summed E-state index contributed by atoms with van der Waals surface area (Å²) in [5.74, 6) is 1.71. The fourth-order valence-corrected chi connectivity index (χ4v) is 5.29. The molecule has 0 saturated carbocycles. The zero-order chi connectivity index (χ0) is 21.8. The van der Waals surface area contributed by atoms with Crippen molar-refractivity contribution in [1.29, 1.82) is 0 Å². The third-order valence-corrected chi connectivity index (χ3v) is 6.85. The molecule has 32 heavy (non-hydrogen) atoms. The molecule has 0 radical (unpaired) electrons. The Morgan fingerprint density at radius 3 is 2.56 bits per heavy atom. The standard InChI is InChI=1S/C27H24N2O2S/c30-27(28-24-15-8-12-21-11-4-5-13-22(21)24)29-17-18-32-26(29)23-14-6-7-16-25(23)31-19-20-9-2-1-3-10-20/h1-16,26H,17-19H2,(H,28,30). The minimum Gasteiger partial charge on any atom is -0.489 e. The van der Waals surface area contributed by atoms with Gasteiger partial charge in [-0.25, -0.2) is 4.79 Å². The molecule has 1 atom stereocenters. The highest BCUT2D eigenvalue weighted by atomic mass is 32.2. The van der Waals surface area contributed by atoms with Gasteiger partial charge in [0.25, 0.3) is 0 Å². The topological polar surface area (TPSA) is 41.6 Å². The number of amides is 2. The number of hydrogen-bond acceptors (Lipinski definition) is 3. The number of anilines is 1. The van der Waals surface area contributed by atoms with E-state index in [1.54, 1.807) is 11.8 Å². The molecule has 2 amide bonds. The van der Waals surface area contributed by atoms with E-state index in [1.807, 2.05) is 71.6 Å². The zero-order valence-corrected chi connectivity index (χ0v) is 18.4. The van der Waals surface area contributed by atoms with Gasteiger partial charge < -0.3 is 15.0 Å². The number of ether oxygens (including phenoxy) is 1. The second-order valence-electron chi connectivity index (χ2n) is 7.69. The molecule has 1 fully saturated rings. The van der Waals surface area contributed by atoms with Crippen molar-refractivity contribution in [2.75, 3.05) is 17.6 Å². The molecule has 4 nitrogen and oxygen atoms in total. The summed E-state index contributed by atoms with van der Waals surface area (Å²) in [5.41, 5.74) is 2.98. The van der Waals surface area contributed by atoms with Gasteiger partial charge >= 0.3 is 6.03 Å². The molecule has 5 rings (SSSR count). The van der Waals surface area contributed by atoms with Gasteiger partial charge in [0.1, 0.15) is 17.7 Å². The number of carbonyl (C=O) groups is 1. The van der Waals surface area contributed by atoms with Crippen molar-refractivity contribution in [3.05, 3.63) is 108 Å². The second kappa shape index (κ2) is 9.37. The Labute approximate surface area is 192 Å². The van der Waals surface area contributed by atoms with Crippen LogP contribution in [0, 0.1) is 0 Å². The molecule has 0 aliphatic carbocycles. The van der Waals surface area contributed by atoms with Crippen LogP contribution in [0.3, 0.4) is 0 Å². The zero-order valence-electron chi connectivity index (χ0n) is 17.6. The van der Waals surface area contributed by atoms with Crippen LogP contribution in [0.2, 0.25) is 0 Å². The molecule has 5 heteroatoms. The van der Waals surface area contributed by atoms with E-state index in [0.29, 0.717) is 13.2 Å². The molecular weight excluding hydrogens is 416 g/mol. The van der Waals surface area contributed by atoms with Gasteiger partial charge in [-0.3, -0.25) is 0 Å². The summed E-state index contributed by atoms with van der Waals surface area (Å²) in [6, 6.07) is 32.1. The van der Waals surface area contributed by atoms with Gasteiger partial charge in [0.15, 0.2) is 0 Å². The maximum Gasteiger partial charge on any atom is 0.323 e. The first-order chi connectivity index (χ1) is 15.8. The van der Waals surface area contributed by atoms with E-state index in [2.05, 4.69) is 35.6 Å². The van der Waals surface area contributed by atoms with Gasteiger partial charge in [-0.1, -0.05) is 84.9 Å². The lowest BCUT2D eigenvalue weighted by molar-refractivity contribution is 0.213. The second-order valence-corrected chi connectivity index (χ2v) is 8.87. The molecule has 4 aromatic rings. The lowest BCUT2D eigenvalue weighted by atomic mass is 10.1. The molecular formula is C27H24N2O2S. The van der Waals surface area contributed by atoms with Crippen LogP contribution >= 0.6 is 11.8 Å². The van der Waals surface area contributed by atoms with Crippen molar-refractivity contribution >= 4 is 34.3 Å². The highest BCUT2D eigenvalue weighted by molar-refractivity contribution is 7.99. The third-order valence-electron chi connectivity index (χ3n) is 5.61. The minimum absolute atomic E-state index is 0.0862. The predicted molar refractivity (Wildman–Crippen MR) is 132 cm³/mol. The Balaban J connectivity index is 1.36. The molecule has 1 N–H and O–H groups in total. The first-order valence-corrected chi connectivity index (χ1v) is 11.8. The molecule has 4 aromatic carbocycles. The fraction of sp³-hybridized carbons (Fsp3) is 0.148. The normalized spacial score (nSPS) is 15.6. The number of hydrogen-bond donors (Lipinski definition) is 1. The lowest BCUT2D eigenvalue weighted by Gasteiger charge is -2.26. The monoisotopic (exact) mass is 440 g/mol. The lowest BCUT2D eigenvalue weighted by Crippen LogP contribution is -2.34. The summed E-state index contributed by atoms with van der Waals surface area (Å²) in [7, 11) is 0. The van der Waals surface area contributed by atoms with Crippen molar-refractivity contribution in [3.8, 4) is 5.75 Å². The molecule has 160 valence electrons. The molecule has 1 aliphatic heterocycles. The van der Waals surface area contributed by atoms with Crippen LogP contribution in [0.5, 0.6) is 5.75 Å². The highest BCUT2D eigenvalue weighted by Crippen LogP contribution is 2.42. The van der Waals surface area contributed by atoms with Crippen LogP contribution in [0.1, 0.15) is 16.5 Å². The third kappa shape index (κ3) is 4.30. The van der Waals surface area contributed by atoms with Crippen molar-refractivity contribution in [3.63, 3.8) is 0 Å². The minimum atomic E-state index is -0.0887. The summed E-state index contributed by atoms with van der Waals surface area (Å²) in [6.45, 7) is 1.19. The van der Waals surface area contributed by atoms with Crippen LogP contribution in [0.4, 0.5) is 10.5 Å². The molecule has 0 bridgehead atoms. The molecule has 1 heterocycles. The van der Waals surface area contributed by atoms with Crippen LogP contribution in [-0.2, 0) is 6.61 Å². The highest BCUT2D eigenvalue weighted by Gasteiger charge is 2.32. The molecule has 0 spiro atoms. The maximum absolute atomic E-state index is 13.3. The van der Waals surface area contributed by atoms with Gasteiger partial charge in [-0.2, -0.15) is 0 Å². The van der Waals surface area contributed by atoms with E-state index in [4.69, 9.17) is 4.74 Å². The molecule has 1 saturated heterocycles. The number of benzene rings is 4. The van der Waals surface area contributed by atoms with Gasteiger partial charge in [0.05, 0.1) is 5.69 Å². The molecule has 1 unspecified atom stereocenters. The van der Waals surface area contributed by atoms with Gasteiger partial charge in [0.2, 0.25) is 0 Å². The van der Waals surface area contributed by atoms with E-state index < -0.39 is 0 Å². The smallest absolute Gasteiger partial charge is 0.323 e. The first-order valence-electron chi connectivity index (χ1n) is 10.7. The van der Waals surface area contributed by atoms with Gasteiger partial charge in [0, 0.05) is 23.2 Å². The number of rotatable bonds is 5.